The number of nitro groups is 1. The van der Waals surface area contributed by atoms with E-state index in [2.05, 4.69) is 5.32 Å². The lowest BCUT2D eigenvalue weighted by atomic mass is 10.1. The van der Waals surface area contributed by atoms with Gasteiger partial charge in [-0.1, -0.05) is 11.6 Å². The predicted octanol–water partition coefficient (Wildman–Crippen LogP) is 3.27. The van der Waals surface area contributed by atoms with Gasteiger partial charge in [-0.15, -0.1) is 0 Å². The van der Waals surface area contributed by atoms with Crippen LogP contribution >= 0.6 is 11.6 Å². The molecule has 2 aromatic carbocycles. The van der Waals surface area contributed by atoms with E-state index >= 15 is 0 Å². The second kappa shape index (κ2) is 7.63. The molecular formula is C16H13ClN2O6. The number of aryl methyl sites for hydroxylation is 1. The van der Waals surface area contributed by atoms with Gasteiger partial charge in [0.05, 0.1) is 15.5 Å². The number of rotatable bonds is 6. The number of nitrogens with one attached hydrogen (secondary N) is 1. The number of hydrogen-bond donors (Lipinski definition) is 2. The van der Waals surface area contributed by atoms with Crippen LogP contribution in [0.1, 0.15) is 15.9 Å². The first-order chi connectivity index (χ1) is 11.8. The van der Waals surface area contributed by atoms with Crippen molar-refractivity contribution in [2.75, 3.05) is 11.9 Å². The van der Waals surface area contributed by atoms with Crippen molar-refractivity contribution in [3.05, 3.63) is 62.7 Å². The van der Waals surface area contributed by atoms with Gasteiger partial charge in [-0.25, -0.2) is 4.79 Å². The number of carbonyl (C=O) groups excluding carboxylic acids is 1. The zero-order chi connectivity index (χ0) is 18.6. The number of halogens is 1. The van der Waals surface area contributed by atoms with Gasteiger partial charge in [-0.05, 0) is 36.8 Å². The van der Waals surface area contributed by atoms with Gasteiger partial charge in [-0.3, -0.25) is 14.9 Å². The molecule has 8 nitrogen and oxygen atoms in total. The number of amides is 1. The molecule has 130 valence electrons. The summed E-state index contributed by atoms with van der Waals surface area (Å²) >= 11 is 5.94. The second-order valence-corrected chi connectivity index (χ2v) is 5.44. The molecule has 0 fully saturated rings. The highest BCUT2D eigenvalue weighted by Gasteiger charge is 2.16. The van der Waals surface area contributed by atoms with Crippen molar-refractivity contribution in [2.45, 2.75) is 6.92 Å². The van der Waals surface area contributed by atoms with E-state index in [1.807, 2.05) is 0 Å². The molecule has 0 aliphatic rings. The summed E-state index contributed by atoms with van der Waals surface area (Å²) < 4.78 is 5.05. The van der Waals surface area contributed by atoms with E-state index in [9.17, 15) is 19.7 Å². The Hall–Kier alpha value is -3.13. The fraction of sp³-hybridized carbons (Fsp3) is 0.125. The minimum atomic E-state index is -1.10. The average Bonchev–Trinajstić information content (AvgIpc) is 2.55. The van der Waals surface area contributed by atoms with Gasteiger partial charge in [0.1, 0.15) is 5.75 Å². The van der Waals surface area contributed by atoms with Gasteiger partial charge < -0.3 is 15.2 Å². The fourth-order valence-electron chi connectivity index (χ4n) is 2.00. The highest BCUT2D eigenvalue weighted by atomic mass is 35.5. The Morgan fingerprint density at radius 3 is 2.60 bits per heavy atom. The Kier molecular flexibility index (Phi) is 5.56. The number of aliphatic carboxylic acids is 1. The number of carboxylic acid groups (broad SMARTS) is 1. The van der Waals surface area contributed by atoms with E-state index < -0.39 is 23.4 Å². The maximum Gasteiger partial charge on any atom is 0.341 e. The Balaban J connectivity index is 2.19. The van der Waals surface area contributed by atoms with Crippen LogP contribution in [0.15, 0.2) is 36.4 Å². The molecule has 0 radical (unpaired) electrons. The van der Waals surface area contributed by atoms with Gasteiger partial charge in [0.15, 0.2) is 6.61 Å². The van der Waals surface area contributed by atoms with E-state index in [0.29, 0.717) is 17.0 Å². The first kappa shape index (κ1) is 18.2. The van der Waals surface area contributed by atoms with Crippen molar-refractivity contribution in [1.82, 2.24) is 0 Å². The molecule has 0 unspecified atom stereocenters. The SMILES string of the molecule is Cc1cc(OCC(=O)O)ccc1NC(=O)c1cc([N+](=O)[O-])ccc1Cl. The Morgan fingerprint density at radius 2 is 2.00 bits per heavy atom. The standard InChI is InChI=1S/C16H13ClN2O6/c1-9-6-11(25-8-15(20)21)3-5-14(9)18-16(22)12-7-10(19(23)24)2-4-13(12)17/h2-7H,8H2,1H3,(H,18,22)(H,20,21). The number of benzene rings is 2. The van der Waals surface area contributed by atoms with E-state index in [4.69, 9.17) is 21.4 Å². The number of anilines is 1. The largest absolute Gasteiger partial charge is 0.482 e. The molecular weight excluding hydrogens is 352 g/mol. The van der Waals surface area contributed by atoms with Crippen molar-refractivity contribution in [1.29, 1.82) is 0 Å². The summed E-state index contributed by atoms with van der Waals surface area (Å²) in [6.07, 6.45) is 0. The van der Waals surface area contributed by atoms with Gasteiger partial charge in [0.2, 0.25) is 0 Å². The van der Waals surface area contributed by atoms with Crippen molar-refractivity contribution < 1.29 is 24.4 Å². The average molecular weight is 365 g/mol. The predicted molar refractivity (Wildman–Crippen MR) is 90.4 cm³/mol. The van der Waals surface area contributed by atoms with Crippen molar-refractivity contribution in [2.24, 2.45) is 0 Å². The molecule has 9 heteroatoms. The summed E-state index contributed by atoms with van der Waals surface area (Å²) in [6, 6.07) is 8.18. The van der Waals surface area contributed by atoms with Gasteiger partial charge in [-0.2, -0.15) is 0 Å². The van der Waals surface area contributed by atoms with Crippen molar-refractivity contribution in [3.63, 3.8) is 0 Å². The van der Waals surface area contributed by atoms with E-state index in [0.717, 1.165) is 6.07 Å². The maximum absolute atomic E-state index is 12.3. The maximum atomic E-state index is 12.3. The second-order valence-electron chi connectivity index (χ2n) is 5.03. The molecule has 2 aromatic rings. The first-order valence-electron chi connectivity index (χ1n) is 6.98. The van der Waals surface area contributed by atoms with E-state index in [-0.39, 0.29) is 16.3 Å². The number of nitro benzene ring substituents is 1. The summed E-state index contributed by atoms with van der Waals surface area (Å²) in [6.45, 7) is 1.22. The van der Waals surface area contributed by atoms with Gasteiger partial charge >= 0.3 is 5.97 Å². The quantitative estimate of drug-likeness (QED) is 0.599. The highest BCUT2D eigenvalue weighted by Crippen LogP contribution is 2.25. The third-order valence-electron chi connectivity index (χ3n) is 3.21. The number of non-ortho nitro benzene ring substituents is 1. The van der Waals surface area contributed by atoms with Crippen LogP contribution in [0.2, 0.25) is 5.02 Å². The summed E-state index contributed by atoms with van der Waals surface area (Å²) in [5.41, 5.74) is 0.790. The van der Waals surface area contributed by atoms with Crippen LogP contribution in [0.3, 0.4) is 0 Å². The normalized spacial score (nSPS) is 10.2. The lowest BCUT2D eigenvalue weighted by Gasteiger charge is -2.11. The van der Waals surface area contributed by atoms with Gasteiger partial charge in [0.25, 0.3) is 11.6 Å². The van der Waals surface area contributed by atoms with Crippen LogP contribution in [0.5, 0.6) is 5.75 Å². The number of ether oxygens (including phenoxy) is 1. The molecule has 0 bridgehead atoms. The van der Waals surface area contributed by atoms with Crippen LogP contribution in [-0.4, -0.2) is 28.5 Å². The van der Waals surface area contributed by atoms with Gasteiger partial charge in [0, 0.05) is 17.8 Å². The van der Waals surface area contributed by atoms with Crippen LogP contribution in [0, 0.1) is 17.0 Å². The summed E-state index contributed by atoms with van der Waals surface area (Å²) in [7, 11) is 0. The molecule has 2 N–H and O–H groups in total. The van der Waals surface area contributed by atoms with E-state index in [1.54, 1.807) is 13.0 Å². The topological polar surface area (TPSA) is 119 Å². The fourth-order valence-corrected chi connectivity index (χ4v) is 2.21. The lowest BCUT2D eigenvalue weighted by Crippen LogP contribution is -2.14. The summed E-state index contributed by atoms with van der Waals surface area (Å²) in [5, 5.41) is 22.1. The Bertz CT molecular complexity index is 853. The Labute approximate surface area is 147 Å². The third-order valence-corrected chi connectivity index (χ3v) is 3.54. The molecule has 0 saturated heterocycles. The molecule has 1 amide bonds. The van der Waals surface area contributed by atoms with Crippen LogP contribution in [0.4, 0.5) is 11.4 Å². The monoisotopic (exact) mass is 364 g/mol. The Morgan fingerprint density at radius 1 is 1.28 bits per heavy atom. The minimum absolute atomic E-state index is 0.0264. The summed E-state index contributed by atoms with van der Waals surface area (Å²) in [5.74, 6) is -1.36. The zero-order valence-corrected chi connectivity index (χ0v) is 13.7. The van der Waals surface area contributed by atoms with E-state index in [1.165, 1.54) is 24.3 Å². The molecule has 0 saturated carbocycles. The molecule has 0 atom stereocenters. The number of carbonyl (C=O) groups is 2. The third kappa shape index (κ3) is 4.67. The molecule has 0 heterocycles. The molecule has 0 spiro atoms. The molecule has 0 aliphatic carbocycles. The minimum Gasteiger partial charge on any atom is -0.482 e. The van der Waals surface area contributed by atoms with Crippen LogP contribution in [0.25, 0.3) is 0 Å². The van der Waals surface area contributed by atoms with Crippen LogP contribution in [-0.2, 0) is 4.79 Å². The summed E-state index contributed by atoms with van der Waals surface area (Å²) in [4.78, 5) is 33.0. The lowest BCUT2D eigenvalue weighted by molar-refractivity contribution is -0.384. The zero-order valence-electron chi connectivity index (χ0n) is 13.0. The number of hydrogen-bond acceptors (Lipinski definition) is 5. The number of nitrogens with zero attached hydrogens (tertiary/aromatic N) is 1. The molecule has 0 aliphatic heterocycles. The molecule has 0 aromatic heterocycles. The molecule has 25 heavy (non-hydrogen) atoms. The van der Waals surface area contributed by atoms with Crippen molar-refractivity contribution >= 4 is 34.9 Å². The van der Waals surface area contributed by atoms with Crippen molar-refractivity contribution in [3.8, 4) is 5.75 Å². The smallest absolute Gasteiger partial charge is 0.341 e. The van der Waals surface area contributed by atoms with Crippen LogP contribution < -0.4 is 10.1 Å². The highest BCUT2D eigenvalue weighted by molar-refractivity contribution is 6.34. The number of carboxylic acids is 1. The molecule has 2 rings (SSSR count). The first-order valence-corrected chi connectivity index (χ1v) is 7.36.